The summed E-state index contributed by atoms with van der Waals surface area (Å²) in [6.07, 6.45) is 0.120. The molecule has 0 bridgehead atoms. The van der Waals surface area contributed by atoms with Gasteiger partial charge >= 0.3 is 5.97 Å². The van der Waals surface area contributed by atoms with Crippen LogP contribution in [0.1, 0.15) is 34.1 Å². The van der Waals surface area contributed by atoms with Crippen molar-refractivity contribution in [2.75, 3.05) is 0 Å². The highest BCUT2D eigenvalue weighted by molar-refractivity contribution is 5.67. The van der Waals surface area contributed by atoms with Crippen LogP contribution in [0.25, 0.3) is 0 Å². The molecule has 66 valence electrons. The van der Waals surface area contributed by atoms with Crippen molar-refractivity contribution in [3.8, 4) is 0 Å². The largest absolute Gasteiger partial charge is 0.481 e. The zero-order valence-electron chi connectivity index (χ0n) is 7.55. The average Bonchev–Trinajstić information content (AvgIpc) is 1.53. The standard InChI is InChI=1S/C8H16O3/c1-6(2)11-8(3,4)5-7(9)10/h6H,5H2,1-4H3,(H,9,10). The lowest BCUT2D eigenvalue weighted by Gasteiger charge is -2.25. The molecule has 11 heavy (non-hydrogen) atoms. The van der Waals surface area contributed by atoms with Gasteiger partial charge in [-0.25, -0.2) is 0 Å². The number of hydrogen-bond acceptors (Lipinski definition) is 2. The van der Waals surface area contributed by atoms with E-state index in [-0.39, 0.29) is 12.5 Å². The smallest absolute Gasteiger partial charge is 0.306 e. The van der Waals surface area contributed by atoms with Gasteiger partial charge in [0.2, 0.25) is 0 Å². The van der Waals surface area contributed by atoms with Crippen LogP contribution in [-0.4, -0.2) is 22.8 Å². The van der Waals surface area contributed by atoms with Crippen LogP contribution >= 0.6 is 0 Å². The summed E-state index contributed by atoms with van der Waals surface area (Å²) in [7, 11) is 0. The fourth-order valence-electron chi connectivity index (χ4n) is 1.04. The van der Waals surface area contributed by atoms with E-state index in [1.165, 1.54) is 0 Å². The zero-order chi connectivity index (χ0) is 9.07. The third-order valence-electron chi connectivity index (χ3n) is 1.13. The predicted octanol–water partition coefficient (Wildman–Crippen LogP) is 1.66. The van der Waals surface area contributed by atoms with E-state index >= 15 is 0 Å². The second kappa shape index (κ2) is 3.72. The molecule has 0 saturated carbocycles. The van der Waals surface area contributed by atoms with Crippen molar-refractivity contribution in [3.63, 3.8) is 0 Å². The minimum atomic E-state index is -0.823. The van der Waals surface area contributed by atoms with E-state index in [2.05, 4.69) is 0 Å². The first kappa shape index (κ1) is 10.4. The second-order valence-electron chi connectivity index (χ2n) is 3.50. The number of carbonyl (C=O) groups is 1. The lowest BCUT2D eigenvalue weighted by molar-refractivity contribution is -0.145. The van der Waals surface area contributed by atoms with E-state index in [9.17, 15) is 4.79 Å². The Kier molecular flexibility index (Phi) is 3.52. The summed E-state index contributed by atoms with van der Waals surface area (Å²) < 4.78 is 5.37. The van der Waals surface area contributed by atoms with Crippen LogP contribution in [0.4, 0.5) is 0 Å². The third kappa shape index (κ3) is 5.85. The van der Waals surface area contributed by atoms with E-state index in [0.29, 0.717) is 0 Å². The molecule has 0 rings (SSSR count). The van der Waals surface area contributed by atoms with Crippen molar-refractivity contribution < 1.29 is 14.6 Å². The van der Waals surface area contributed by atoms with Gasteiger partial charge in [-0.05, 0) is 27.7 Å². The Hall–Kier alpha value is -0.570. The van der Waals surface area contributed by atoms with Crippen LogP contribution in [0.15, 0.2) is 0 Å². The fraction of sp³-hybridized carbons (Fsp3) is 0.875. The molecule has 0 atom stereocenters. The minimum Gasteiger partial charge on any atom is -0.481 e. The number of aliphatic carboxylic acids is 1. The van der Waals surface area contributed by atoms with Gasteiger partial charge < -0.3 is 9.84 Å². The molecule has 1 N–H and O–H groups in total. The van der Waals surface area contributed by atoms with Gasteiger partial charge in [0, 0.05) is 0 Å². The van der Waals surface area contributed by atoms with Crippen molar-refractivity contribution >= 4 is 5.97 Å². The van der Waals surface area contributed by atoms with E-state index in [0.717, 1.165) is 0 Å². The normalized spacial score (nSPS) is 12.1. The first-order valence-electron chi connectivity index (χ1n) is 3.73. The first-order valence-corrected chi connectivity index (χ1v) is 3.73. The summed E-state index contributed by atoms with van der Waals surface area (Å²) in [5.74, 6) is -0.823. The maximum Gasteiger partial charge on any atom is 0.306 e. The topological polar surface area (TPSA) is 46.5 Å². The maximum absolute atomic E-state index is 10.3. The van der Waals surface area contributed by atoms with Crippen molar-refractivity contribution in [1.82, 2.24) is 0 Å². The highest BCUT2D eigenvalue weighted by Gasteiger charge is 2.23. The first-order chi connectivity index (χ1) is 4.83. The Morgan fingerprint density at radius 3 is 2.27 bits per heavy atom. The Balaban J connectivity index is 3.89. The summed E-state index contributed by atoms with van der Waals surface area (Å²) in [4.78, 5) is 10.3. The Labute approximate surface area is 67.4 Å². The lowest BCUT2D eigenvalue weighted by Crippen LogP contribution is -2.30. The SMILES string of the molecule is CC(C)OC(C)(C)CC(=O)O. The molecular weight excluding hydrogens is 144 g/mol. The molecule has 3 heteroatoms. The van der Waals surface area contributed by atoms with Gasteiger partial charge in [0.05, 0.1) is 18.1 Å². The van der Waals surface area contributed by atoms with Crippen LogP contribution < -0.4 is 0 Å². The van der Waals surface area contributed by atoms with E-state index in [1.807, 2.05) is 13.8 Å². The molecule has 0 fully saturated rings. The molecule has 0 aromatic rings. The number of ether oxygens (including phenoxy) is 1. The fourth-order valence-corrected chi connectivity index (χ4v) is 1.04. The van der Waals surface area contributed by atoms with Gasteiger partial charge in [0.1, 0.15) is 0 Å². The third-order valence-corrected chi connectivity index (χ3v) is 1.13. The summed E-state index contributed by atoms with van der Waals surface area (Å²) in [5.41, 5.74) is -0.556. The Morgan fingerprint density at radius 1 is 1.55 bits per heavy atom. The minimum absolute atomic E-state index is 0.0468. The average molecular weight is 160 g/mol. The van der Waals surface area contributed by atoms with Crippen LogP contribution in [0.3, 0.4) is 0 Å². The highest BCUT2D eigenvalue weighted by Crippen LogP contribution is 2.16. The molecule has 0 aromatic heterocycles. The summed E-state index contributed by atoms with van der Waals surface area (Å²) in [6, 6.07) is 0. The molecule has 0 amide bonds. The van der Waals surface area contributed by atoms with Crippen molar-refractivity contribution in [1.29, 1.82) is 0 Å². The van der Waals surface area contributed by atoms with Crippen LogP contribution in [0.2, 0.25) is 0 Å². The van der Waals surface area contributed by atoms with Gasteiger partial charge in [-0.3, -0.25) is 4.79 Å². The monoisotopic (exact) mass is 160 g/mol. The van der Waals surface area contributed by atoms with Gasteiger partial charge in [0.15, 0.2) is 0 Å². The molecule has 0 heterocycles. The number of carboxylic acid groups (broad SMARTS) is 1. The van der Waals surface area contributed by atoms with E-state index in [1.54, 1.807) is 13.8 Å². The van der Waals surface area contributed by atoms with Gasteiger partial charge in [-0.15, -0.1) is 0 Å². The molecule has 3 nitrogen and oxygen atoms in total. The zero-order valence-corrected chi connectivity index (χ0v) is 7.55. The summed E-state index contributed by atoms with van der Waals surface area (Å²) >= 11 is 0. The van der Waals surface area contributed by atoms with Gasteiger partial charge in [-0.1, -0.05) is 0 Å². The molecule has 0 unspecified atom stereocenters. The lowest BCUT2D eigenvalue weighted by atomic mass is 10.1. The molecule has 0 spiro atoms. The molecule has 0 aromatic carbocycles. The molecule has 0 saturated heterocycles. The number of hydrogen-bond donors (Lipinski definition) is 1. The molecule has 0 aliphatic rings. The van der Waals surface area contributed by atoms with Crippen LogP contribution in [-0.2, 0) is 9.53 Å². The number of carboxylic acids is 1. The quantitative estimate of drug-likeness (QED) is 0.680. The molecule has 0 aliphatic carbocycles. The summed E-state index contributed by atoms with van der Waals surface area (Å²) in [6.45, 7) is 7.34. The second-order valence-corrected chi connectivity index (χ2v) is 3.50. The molecular formula is C8H16O3. The molecule has 0 aliphatic heterocycles. The Bertz CT molecular complexity index is 138. The van der Waals surface area contributed by atoms with Crippen LogP contribution in [0, 0.1) is 0 Å². The van der Waals surface area contributed by atoms with Crippen molar-refractivity contribution in [2.24, 2.45) is 0 Å². The molecule has 0 radical (unpaired) electrons. The van der Waals surface area contributed by atoms with Gasteiger partial charge in [-0.2, -0.15) is 0 Å². The number of rotatable bonds is 4. The van der Waals surface area contributed by atoms with Crippen molar-refractivity contribution in [2.45, 2.75) is 45.8 Å². The van der Waals surface area contributed by atoms with Crippen molar-refractivity contribution in [3.05, 3.63) is 0 Å². The maximum atomic E-state index is 10.3. The highest BCUT2D eigenvalue weighted by atomic mass is 16.5. The van der Waals surface area contributed by atoms with Crippen LogP contribution in [0.5, 0.6) is 0 Å². The van der Waals surface area contributed by atoms with E-state index < -0.39 is 11.6 Å². The Morgan fingerprint density at radius 2 is 2.00 bits per heavy atom. The van der Waals surface area contributed by atoms with Gasteiger partial charge in [0.25, 0.3) is 0 Å². The predicted molar refractivity (Wildman–Crippen MR) is 42.6 cm³/mol. The summed E-state index contributed by atoms with van der Waals surface area (Å²) in [5, 5.41) is 8.48. The van der Waals surface area contributed by atoms with E-state index in [4.69, 9.17) is 9.84 Å².